The minimum absolute atomic E-state index is 0.0742. The fraction of sp³-hybridized carbons (Fsp3) is 0.125. The van der Waals surface area contributed by atoms with E-state index in [1.807, 2.05) is 41.8 Å². The van der Waals surface area contributed by atoms with Gasteiger partial charge in [-0.2, -0.15) is 0 Å². The molecule has 0 aliphatic carbocycles. The summed E-state index contributed by atoms with van der Waals surface area (Å²) in [5, 5.41) is 2.98. The number of para-hydroxylation sites is 1. The molecule has 0 spiro atoms. The van der Waals surface area contributed by atoms with Crippen molar-refractivity contribution in [1.82, 2.24) is 4.98 Å². The minimum atomic E-state index is 0.0742. The third-order valence-electron chi connectivity index (χ3n) is 3.19. The second kappa shape index (κ2) is 4.94. The Morgan fingerprint density at radius 2 is 2.11 bits per heavy atom. The minimum Gasteiger partial charge on any atom is -0.288 e. The van der Waals surface area contributed by atoms with Gasteiger partial charge in [0.1, 0.15) is 0 Å². The van der Waals surface area contributed by atoms with Crippen molar-refractivity contribution in [2.75, 3.05) is 0 Å². The molecular formula is C16H13NOS. The molecule has 0 atom stereocenters. The molecule has 0 amide bonds. The Labute approximate surface area is 115 Å². The highest BCUT2D eigenvalue weighted by Gasteiger charge is 2.15. The number of aromatic nitrogens is 1. The number of carbonyl (C=O) groups is 1. The predicted octanol–water partition coefficient (Wildman–Crippen LogP) is 4.09. The Morgan fingerprint density at radius 1 is 1.26 bits per heavy atom. The first-order valence-electron chi connectivity index (χ1n) is 6.25. The zero-order valence-electron chi connectivity index (χ0n) is 10.6. The van der Waals surface area contributed by atoms with Crippen LogP contribution in [0.25, 0.3) is 10.9 Å². The molecule has 3 heteroatoms. The normalized spacial score (nSPS) is 10.8. The molecule has 0 saturated carbocycles. The number of aryl methyl sites for hydroxylation is 1. The first-order valence-corrected chi connectivity index (χ1v) is 7.13. The summed E-state index contributed by atoms with van der Waals surface area (Å²) >= 11 is 1.51. The monoisotopic (exact) mass is 267 g/mol. The number of nitrogens with zero attached hydrogens (tertiary/aromatic N) is 1. The van der Waals surface area contributed by atoms with Crippen molar-refractivity contribution in [2.45, 2.75) is 13.3 Å². The molecule has 2 nitrogen and oxygen atoms in total. The van der Waals surface area contributed by atoms with Crippen LogP contribution in [0.5, 0.6) is 0 Å². The summed E-state index contributed by atoms with van der Waals surface area (Å²) < 4.78 is 0. The maximum absolute atomic E-state index is 12.5. The van der Waals surface area contributed by atoms with Gasteiger partial charge >= 0.3 is 0 Å². The number of carbonyl (C=O) groups excluding carboxylic acids is 1. The maximum atomic E-state index is 12.5. The lowest BCUT2D eigenvalue weighted by Gasteiger charge is -2.03. The number of hydrogen-bond acceptors (Lipinski definition) is 3. The lowest BCUT2D eigenvalue weighted by atomic mass is 10.1. The van der Waals surface area contributed by atoms with Crippen LogP contribution in [0.2, 0.25) is 0 Å². The van der Waals surface area contributed by atoms with Crippen LogP contribution in [0.3, 0.4) is 0 Å². The predicted molar refractivity (Wildman–Crippen MR) is 78.9 cm³/mol. The van der Waals surface area contributed by atoms with Crippen LogP contribution in [0.4, 0.5) is 0 Å². The highest BCUT2D eigenvalue weighted by molar-refractivity contribution is 7.12. The van der Waals surface area contributed by atoms with E-state index in [2.05, 4.69) is 11.9 Å². The number of ketones is 1. The molecule has 94 valence electrons. The standard InChI is InChI=1S/C16H13NOS/c1-2-11-7-8-19-16(11)15(18)13-9-12-5-3-4-6-14(12)17-10-13/h3-10H,2H2,1H3. The summed E-state index contributed by atoms with van der Waals surface area (Å²) in [6, 6.07) is 11.8. The van der Waals surface area contributed by atoms with Gasteiger partial charge in [0.15, 0.2) is 0 Å². The first-order chi connectivity index (χ1) is 9.29. The van der Waals surface area contributed by atoms with Crippen molar-refractivity contribution in [3.8, 4) is 0 Å². The quantitative estimate of drug-likeness (QED) is 0.669. The summed E-state index contributed by atoms with van der Waals surface area (Å²) in [5.41, 5.74) is 2.69. The molecular weight excluding hydrogens is 254 g/mol. The van der Waals surface area contributed by atoms with Crippen LogP contribution in [-0.2, 0) is 6.42 Å². The number of rotatable bonds is 3. The van der Waals surface area contributed by atoms with Crippen molar-refractivity contribution in [3.63, 3.8) is 0 Å². The lowest BCUT2D eigenvalue weighted by molar-refractivity contribution is 0.104. The van der Waals surface area contributed by atoms with E-state index in [-0.39, 0.29) is 5.78 Å². The Hall–Kier alpha value is -2.00. The highest BCUT2D eigenvalue weighted by atomic mass is 32.1. The number of hydrogen-bond donors (Lipinski definition) is 0. The third kappa shape index (κ3) is 2.17. The van der Waals surface area contributed by atoms with E-state index < -0.39 is 0 Å². The van der Waals surface area contributed by atoms with Gasteiger partial charge in [-0.15, -0.1) is 11.3 Å². The molecule has 1 aromatic carbocycles. The average molecular weight is 267 g/mol. The van der Waals surface area contributed by atoms with E-state index in [1.165, 1.54) is 11.3 Å². The highest BCUT2D eigenvalue weighted by Crippen LogP contribution is 2.22. The van der Waals surface area contributed by atoms with Gasteiger partial charge < -0.3 is 0 Å². The number of pyridine rings is 1. The van der Waals surface area contributed by atoms with Crippen LogP contribution in [0.1, 0.15) is 27.7 Å². The fourth-order valence-corrected chi connectivity index (χ4v) is 3.10. The maximum Gasteiger partial charge on any atom is 0.204 e. The van der Waals surface area contributed by atoms with Gasteiger partial charge in [-0.05, 0) is 35.6 Å². The Kier molecular flexibility index (Phi) is 3.13. The molecule has 2 heterocycles. The van der Waals surface area contributed by atoms with Gasteiger partial charge in [0.05, 0.1) is 10.4 Å². The van der Waals surface area contributed by atoms with Gasteiger partial charge in [0.2, 0.25) is 5.78 Å². The largest absolute Gasteiger partial charge is 0.288 e. The molecule has 0 N–H and O–H groups in total. The van der Waals surface area contributed by atoms with E-state index in [9.17, 15) is 4.79 Å². The van der Waals surface area contributed by atoms with Crippen LogP contribution >= 0.6 is 11.3 Å². The Morgan fingerprint density at radius 3 is 2.95 bits per heavy atom. The molecule has 3 rings (SSSR count). The topological polar surface area (TPSA) is 30.0 Å². The molecule has 0 fully saturated rings. The summed E-state index contributed by atoms with van der Waals surface area (Å²) in [5.74, 6) is 0.0742. The van der Waals surface area contributed by atoms with Crippen molar-refractivity contribution < 1.29 is 4.79 Å². The molecule has 0 saturated heterocycles. The molecule has 0 radical (unpaired) electrons. The van der Waals surface area contributed by atoms with E-state index in [4.69, 9.17) is 0 Å². The molecule has 19 heavy (non-hydrogen) atoms. The number of benzene rings is 1. The first kappa shape index (κ1) is 12.1. The van der Waals surface area contributed by atoms with Crippen LogP contribution in [0.15, 0.2) is 48.0 Å². The lowest BCUT2D eigenvalue weighted by Crippen LogP contribution is -2.02. The smallest absolute Gasteiger partial charge is 0.204 e. The Bertz CT molecular complexity index is 745. The van der Waals surface area contributed by atoms with Gasteiger partial charge in [0, 0.05) is 17.1 Å². The van der Waals surface area contributed by atoms with Crippen LogP contribution in [0, 0.1) is 0 Å². The van der Waals surface area contributed by atoms with E-state index in [0.717, 1.165) is 27.8 Å². The van der Waals surface area contributed by atoms with Gasteiger partial charge in [0.25, 0.3) is 0 Å². The summed E-state index contributed by atoms with van der Waals surface area (Å²) in [6.07, 6.45) is 2.55. The number of fused-ring (bicyclic) bond motifs is 1. The van der Waals surface area contributed by atoms with E-state index >= 15 is 0 Å². The van der Waals surface area contributed by atoms with Gasteiger partial charge in [-0.25, -0.2) is 0 Å². The van der Waals surface area contributed by atoms with Gasteiger partial charge in [-0.1, -0.05) is 25.1 Å². The summed E-state index contributed by atoms with van der Waals surface area (Å²) in [6.45, 7) is 2.07. The van der Waals surface area contributed by atoms with Crippen molar-refractivity contribution in [2.24, 2.45) is 0 Å². The molecule has 0 aliphatic heterocycles. The second-order valence-corrected chi connectivity index (χ2v) is 5.29. The van der Waals surface area contributed by atoms with Crippen LogP contribution < -0.4 is 0 Å². The SMILES string of the molecule is CCc1ccsc1C(=O)c1cnc2ccccc2c1. The van der Waals surface area contributed by atoms with Crippen molar-refractivity contribution in [3.05, 3.63) is 64.0 Å². The zero-order valence-corrected chi connectivity index (χ0v) is 11.4. The molecule has 0 unspecified atom stereocenters. The zero-order chi connectivity index (χ0) is 13.2. The Balaban J connectivity index is 2.06. The van der Waals surface area contributed by atoms with E-state index in [1.54, 1.807) is 6.20 Å². The van der Waals surface area contributed by atoms with E-state index in [0.29, 0.717) is 5.56 Å². The average Bonchev–Trinajstić information content (AvgIpc) is 2.94. The van der Waals surface area contributed by atoms with Gasteiger partial charge in [-0.3, -0.25) is 9.78 Å². The summed E-state index contributed by atoms with van der Waals surface area (Å²) in [7, 11) is 0. The molecule has 0 aliphatic rings. The molecule has 3 aromatic rings. The second-order valence-electron chi connectivity index (χ2n) is 4.37. The molecule has 0 bridgehead atoms. The van der Waals surface area contributed by atoms with Crippen LogP contribution in [-0.4, -0.2) is 10.8 Å². The summed E-state index contributed by atoms with van der Waals surface area (Å²) in [4.78, 5) is 17.7. The number of thiophene rings is 1. The van der Waals surface area contributed by atoms with Crippen molar-refractivity contribution in [1.29, 1.82) is 0 Å². The fourth-order valence-electron chi connectivity index (χ4n) is 2.14. The molecule has 2 aromatic heterocycles. The van der Waals surface area contributed by atoms with Crippen molar-refractivity contribution >= 4 is 28.0 Å². The third-order valence-corrected chi connectivity index (χ3v) is 4.14.